The minimum Gasteiger partial charge on any atom is -0.294 e. The Morgan fingerprint density at radius 2 is 0.847 bits per heavy atom. The summed E-state index contributed by atoms with van der Waals surface area (Å²) >= 11 is 0. The van der Waals surface area contributed by atoms with Crippen LogP contribution in [0.5, 0.6) is 0 Å². The van der Waals surface area contributed by atoms with Gasteiger partial charge in [0.2, 0.25) is 0 Å². The van der Waals surface area contributed by atoms with Crippen LogP contribution in [-0.4, -0.2) is 14.5 Å². The minimum atomic E-state index is 0.698. The van der Waals surface area contributed by atoms with Crippen molar-refractivity contribution in [3.8, 4) is 50.7 Å². The van der Waals surface area contributed by atoms with Crippen molar-refractivity contribution in [3.05, 3.63) is 212 Å². The fourth-order valence-corrected chi connectivity index (χ4v) is 9.13. The molecule has 274 valence electrons. The Morgan fingerprint density at radius 1 is 0.288 bits per heavy atom. The second kappa shape index (κ2) is 13.4. The van der Waals surface area contributed by atoms with Crippen LogP contribution in [-0.2, 0) is 0 Å². The molecule has 2 heterocycles. The molecule has 0 aliphatic rings. The van der Waals surface area contributed by atoms with Crippen LogP contribution in [0.25, 0.3) is 116 Å². The van der Waals surface area contributed by atoms with Crippen LogP contribution in [0.15, 0.2) is 212 Å². The largest absolute Gasteiger partial charge is 0.294 e. The molecule has 12 rings (SSSR count). The average Bonchev–Trinajstić information content (AvgIpc) is 3.65. The van der Waals surface area contributed by atoms with Gasteiger partial charge < -0.3 is 0 Å². The number of para-hydroxylation sites is 2. The third kappa shape index (κ3) is 5.51. The first kappa shape index (κ1) is 33.3. The second-order valence-electron chi connectivity index (χ2n) is 15.4. The molecule has 59 heavy (non-hydrogen) atoms. The zero-order chi connectivity index (χ0) is 38.9. The zero-order valence-corrected chi connectivity index (χ0v) is 32.0. The molecule has 0 N–H and O–H groups in total. The van der Waals surface area contributed by atoms with Gasteiger partial charge in [0, 0.05) is 28.0 Å². The zero-order valence-electron chi connectivity index (χ0n) is 32.0. The SMILES string of the molecule is c1ccc(-c2nc(-c3ccc4cc(-c5ccc(-c6c7ccccc7cc7c6ccc6ccccc67)cc5)ccc4c3)cc(-n3c4ccccc4c4ccccc43)n2)cc1. The molecule has 3 heteroatoms. The third-order valence-electron chi connectivity index (χ3n) is 12.0. The van der Waals surface area contributed by atoms with Crippen LogP contribution in [0.2, 0.25) is 0 Å². The van der Waals surface area contributed by atoms with Crippen LogP contribution in [0, 0.1) is 0 Å². The highest BCUT2D eigenvalue weighted by atomic mass is 15.1. The van der Waals surface area contributed by atoms with Gasteiger partial charge in [-0.1, -0.05) is 176 Å². The Bertz CT molecular complexity index is 3550. The first-order chi connectivity index (χ1) is 29.2. The van der Waals surface area contributed by atoms with Gasteiger partial charge in [0.1, 0.15) is 5.82 Å². The van der Waals surface area contributed by atoms with E-state index >= 15 is 0 Å². The summed E-state index contributed by atoms with van der Waals surface area (Å²) in [5.41, 5.74) is 10.0. The molecule has 10 aromatic carbocycles. The van der Waals surface area contributed by atoms with E-state index in [1.165, 1.54) is 70.7 Å². The summed E-state index contributed by atoms with van der Waals surface area (Å²) in [4.78, 5) is 10.4. The summed E-state index contributed by atoms with van der Waals surface area (Å²) in [6, 6.07) is 76.4. The van der Waals surface area contributed by atoms with Crippen molar-refractivity contribution < 1.29 is 0 Å². The van der Waals surface area contributed by atoms with Gasteiger partial charge in [0.05, 0.1) is 16.7 Å². The fraction of sp³-hybridized carbons (Fsp3) is 0. The molecule has 3 nitrogen and oxygen atoms in total. The van der Waals surface area contributed by atoms with Crippen molar-refractivity contribution in [1.82, 2.24) is 14.5 Å². The van der Waals surface area contributed by atoms with Gasteiger partial charge >= 0.3 is 0 Å². The molecule has 0 bridgehead atoms. The average molecular weight is 750 g/mol. The Labute approximate surface area is 341 Å². The first-order valence-electron chi connectivity index (χ1n) is 20.1. The lowest BCUT2D eigenvalue weighted by Gasteiger charge is -2.15. The van der Waals surface area contributed by atoms with Crippen molar-refractivity contribution in [1.29, 1.82) is 0 Å². The van der Waals surface area contributed by atoms with Gasteiger partial charge in [-0.05, 0) is 95.7 Å². The first-order valence-corrected chi connectivity index (χ1v) is 20.1. The van der Waals surface area contributed by atoms with E-state index in [2.05, 4.69) is 199 Å². The summed E-state index contributed by atoms with van der Waals surface area (Å²) in [5.74, 6) is 1.54. The molecule has 0 aliphatic heterocycles. The van der Waals surface area contributed by atoms with Crippen molar-refractivity contribution >= 4 is 64.9 Å². The van der Waals surface area contributed by atoms with Gasteiger partial charge in [0.15, 0.2) is 5.82 Å². The van der Waals surface area contributed by atoms with Crippen LogP contribution < -0.4 is 0 Å². The van der Waals surface area contributed by atoms with Gasteiger partial charge in [-0.25, -0.2) is 9.97 Å². The van der Waals surface area contributed by atoms with Crippen LogP contribution in [0.4, 0.5) is 0 Å². The standard InChI is InChI=1S/C56H35N3/c1-2-13-39(14-3-1)56-57-51(35-54(58-56)59-52-20-10-8-18-47(52)48-19-9-11-21-53(48)59)44-29-28-41-32-40(26-27-42(41)33-44)36-22-24-38(25-23-36)55-46-17-7-5-15-43(46)34-50-45-16-6-4-12-37(45)30-31-49(50)55/h1-35H. The summed E-state index contributed by atoms with van der Waals surface area (Å²) in [5, 5.41) is 12.4. The number of fused-ring (bicyclic) bond motifs is 8. The molecule has 0 saturated carbocycles. The number of aromatic nitrogens is 3. The molecule has 0 spiro atoms. The highest BCUT2D eigenvalue weighted by Crippen LogP contribution is 2.40. The second-order valence-corrected chi connectivity index (χ2v) is 15.4. The smallest absolute Gasteiger partial charge is 0.162 e. The number of hydrogen-bond acceptors (Lipinski definition) is 2. The molecule has 0 saturated heterocycles. The van der Waals surface area contributed by atoms with Crippen LogP contribution >= 0.6 is 0 Å². The maximum atomic E-state index is 5.20. The van der Waals surface area contributed by atoms with E-state index in [9.17, 15) is 0 Å². The topological polar surface area (TPSA) is 30.7 Å². The monoisotopic (exact) mass is 749 g/mol. The van der Waals surface area contributed by atoms with Gasteiger partial charge in [-0.15, -0.1) is 0 Å². The van der Waals surface area contributed by atoms with Crippen LogP contribution in [0.3, 0.4) is 0 Å². The quantitative estimate of drug-likeness (QED) is 0.130. The van der Waals surface area contributed by atoms with Gasteiger partial charge in [0.25, 0.3) is 0 Å². The highest BCUT2D eigenvalue weighted by Gasteiger charge is 2.17. The molecule has 0 fully saturated rings. The Balaban J connectivity index is 0.937. The maximum absolute atomic E-state index is 5.20. The van der Waals surface area contributed by atoms with E-state index in [0.29, 0.717) is 5.82 Å². The van der Waals surface area contributed by atoms with Crippen molar-refractivity contribution in [2.45, 2.75) is 0 Å². The predicted molar refractivity (Wildman–Crippen MR) is 248 cm³/mol. The van der Waals surface area contributed by atoms with E-state index in [1.54, 1.807) is 0 Å². The molecule has 0 radical (unpaired) electrons. The highest BCUT2D eigenvalue weighted by molar-refractivity contribution is 6.20. The van der Waals surface area contributed by atoms with E-state index in [-0.39, 0.29) is 0 Å². The fourth-order valence-electron chi connectivity index (χ4n) is 9.13. The van der Waals surface area contributed by atoms with E-state index in [4.69, 9.17) is 9.97 Å². The maximum Gasteiger partial charge on any atom is 0.162 e. The Morgan fingerprint density at radius 3 is 1.59 bits per heavy atom. The van der Waals surface area contributed by atoms with Gasteiger partial charge in [-0.3, -0.25) is 4.57 Å². The molecule has 0 atom stereocenters. The Kier molecular flexibility index (Phi) is 7.54. The normalized spacial score (nSPS) is 11.7. The number of nitrogens with zero attached hydrogens (tertiary/aromatic N) is 3. The van der Waals surface area contributed by atoms with Crippen molar-refractivity contribution in [2.24, 2.45) is 0 Å². The minimum absolute atomic E-state index is 0.698. The van der Waals surface area contributed by atoms with Gasteiger partial charge in [-0.2, -0.15) is 0 Å². The number of hydrogen-bond donors (Lipinski definition) is 0. The molecule has 0 unspecified atom stereocenters. The molecule has 0 amide bonds. The number of rotatable bonds is 5. The summed E-state index contributed by atoms with van der Waals surface area (Å²) in [7, 11) is 0. The molecule has 12 aromatic rings. The summed E-state index contributed by atoms with van der Waals surface area (Å²) < 4.78 is 2.27. The van der Waals surface area contributed by atoms with Crippen LogP contribution in [0.1, 0.15) is 0 Å². The lowest BCUT2D eigenvalue weighted by Crippen LogP contribution is -2.02. The van der Waals surface area contributed by atoms with E-state index in [0.717, 1.165) is 39.1 Å². The predicted octanol–water partition coefficient (Wildman–Crippen LogP) is 14.9. The number of benzene rings is 10. The molecule has 0 aliphatic carbocycles. The van der Waals surface area contributed by atoms with Crippen molar-refractivity contribution in [2.75, 3.05) is 0 Å². The van der Waals surface area contributed by atoms with E-state index in [1.807, 2.05) is 18.2 Å². The summed E-state index contributed by atoms with van der Waals surface area (Å²) in [6.07, 6.45) is 0. The molecule has 2 aromatic heterocycles. The lowest BCUT2D eigenvalue weighted by atomic mass is 9.89. The Hall–Kier alpha value is -7.88. The van der Waals surface area contributed by atoms with Crippen molar-refractivity contribution in [3.63, 3.8) is 0 Å². The van der Waals surface area contributed by atoms with E-state index < -0.39 is 0 Å². The summed E-state index contributed by atoms with van der Waals surface area (Å²) in [6.45, 7) is 0. The lowest BCUT2D eigenvalue weighted by molar-refractivity contribution is 1.05. The molecular formula is C56H35N3. The third-order valence-corrected chi connectivity index (χ3v) is 12.0. The molecular weight excluding hydrogens is 715 g/mol.